The zero-order valence-electron chi connectivity index (χ0n) is 15.5. The summed E-state index contributed by atoms with van der Waals surface area (Å²) in [5.41, 5.74) is 2.51. The van der Waals surface area contributed by atoms with E-state index in [4.69, 9.17) is 4.74 Å². The summed E-state index contributed by atoms with van der Waals surface area (Å²) in [5.74, 6) is 2.09. The van der Waals surface area contributed by atoms with Crippen molar-refractivity contribution in [3.63, 3.8) is 0 Å². The lowest BCUT2D eigenvalue weighted by Crippen LogP contribution is -2.34. The van der Waals surface area contributed by atoms with Crippen LogP contribution in [0.3, 0.4) is 0 Å². The molecule has 1 atom stereocenters. The molecule has 2 aromatic carbocycles. The lowest BCUT2D eigenvalue weighted by molar-refractivity contribution is 0.194. The van der Waals surface area contributed by atoms with Crippen LogP contribution in [0.1, 0.15) is 48.6 Å². The van der Waals surface area contributed by atoms with Crippen molar-refractivity contribution < 1.29 is 14.9 Å². The second kappa shape index (κ2) is 8.98. The van der Waals surface area contributed by atoms with Gasteiger partial charge in [0.25, 0.3) is 0 Å². The Bertz CT molecular complexity index is 759. The number of hydrogen-bond donors (Lipinski definition) is 2. The van der Waals surface area contributed by atoms with E-state index in [1.807, 2.05) is 12.1 Å². The van der Waals surface area contributed by atoms with Gasteiger partial charge in [-0.25, -0.2) is 0 Å². The average Bonchev–Trinajstić information content (AvgIpc) is 2.69. The molecule has 2 aromatic rings. The van der Waals surface area contributed by atoms with Gasteiger partial charge in [0.15, 0.2) is 11.5 Å². The average molecular weight is 434 g/mol. The molecule has 0 radical (unpaired) electrons. The van der Waals surface area contributed by atoms with Crippen LogP contribution < -0.4 is 4.74 Å². The minimum absolute atomic E-state index is 0. The predicted molar refractivity (Wildman–Crippen MR) is 112 cm³/mol. The highest BCUT2D eigenvalue weighted by Crippen LogP contribution is 2.37. The number of aromatic hydroxyl groups is 2. The second-order valence-corrected chi connectivity index (χ2v) is 7.52. The molecule has 4 nitrogen and oxygen atoms in total. The van der Waals surface area contributed by atoms with Crippen LogP contribution in [0.5, 0.6) is 17.2 Å². The Kier molecular flexibility index (Phi) is 6.66. The molecule has 2 aliphatic rings. The molecule has 2 aliphatic heterocycles. The van der Waals surface area contributed by atoms with Crippen molar-refractivity contribution in [3.05, 3.63) is 53.6 Å². The molecular formula is C22H28BrNO3. The number of benzene rings is 2. The highest BCUT2D eigenvalue weighted by atomic mass is 79.9. The number of hydrogen-bond acceptors (Lipinski definition) is 4. The van der Waals surface area contributed by atoms with Gasteiger partial charge in [0.05, 0.1) is 6.61 Å². The van der Waals surface area contributed by atoms with Gasteiger partial charge >= 0.3 is 0 Å². The first-order valence-corrected chi connectivity index (χ1v) is 9.66. The Balaban J connectivity index is 0.00000210. The van der Waals surface area contributed by atoms with Crippen LogP contribution in [0.15, 0.2) is 42.5 Å². The van der Waals surface area contributed by atoms with Gasteiger partial charge in [-0.3, -0.25) is 0 Å². The SMILES string of the molecule is Br.Oc1ccc(C2CCN(CCC3CCOc4ccccc43)CC2)cc1O. The normalized spacial score (nSPS) is 20.4. The fraction of sp³-hybridized carbons (Fsp3) is 0.455. The number of ether oxygens (including phenoxy) is 1. The van der Waals surface area contributed by atoms with E-state index in [1.54, 1.807) is 12.1 Å². The van der Waals surface area contributed by atoms with E-state index in [9.17, 15) is 10.2 Å². The van der Waals surface area contributed by atoms with Crippen LogP contribution in [0.2, 0.25) is 0 Å². The first kappa shape index (κ1) is 20.0. The molecule has 0 aliphatic carbocycles. The molecule has 146 valence electrons. The lowest BCUT2D eigenvalue weighted by atomic mass is 9.87. The van der Waals surface area contributed by atoms with Gasteiger partial charge in [0.2, 0.25) is 0 Å². The maximum Gasteiger partial charge on any atom is 0.157 e. The maximum atomic E-state index is 9.72. The van der Waals surface area contributed by atoms with Crippen molar-refractivity contribution in [2.75, 3.05) is 26.2 Å². The van der Waals surface area contributed by atoms with E-state index >= 15 is 0 Å². The molecule has 4 rings (SSSR count). The summed E-state index contributed by atoms with van der Waals surface area (Å²) in [6.45, 7) is 4.15. The largest absolute Gasteiger partial charge is 0.504 e. The third-order valence-electron chi connectivity index (χ3n) is 5.93. The molecule has 2 N–H and O–H groups in total. The zero-order valence-corrected chi connectivity index (χ0v) is 17.2. The Morgan fingerprint density at radius 1 is 0.963 bits per heavy atom. The molecule has 1 fully saturated rings. The van der Waals surface area contributed by atoms with Crippen molar-refractivity contribution in [1.29, 1.82) is 0 Å². The number of nitrogens with zero attached hydrogens (tertiary/aromatic N) is 1. The Morgan fingerprint density at radius 2 is 1.74 bits per heavy atom. The van der Waals surface area contributed by atoms with E-state index < -0.39 is 0 Å². The van der Waals surface area contributed by atoms with Crippen LogP contribution >= 0.6 is 17.0 Å². The number of phenols is 2. The number of piperidine rings is 1. The first-order chi connectivity index (χ1) is 12.7. The predicted octanol–water partition coefficient (Wildman–Crippen LogP) is 4.81. The summed E-state index contributed by atoms with van der Waals surface area (Å²) in [7, 11) is 0. The summed E-state index contributed by atoms with van der Waals surface area (Å²) in [6.07, 6.45) is 4.51. The number of likely N-dealkylation sites (tertiary alicyclic amines) is 1. The number of rotatable bonds is 4. The van der Waals surface area contributed by atoms with Crippen molar-refractivity contribution in [1.82, 2.24) is 4.90 Å². The number of halogens is 1. The first-order valence-electron chi connectivity index (χ1n) is 9.66. The molecule has 2 heterocycles. The fourth-order valence-electron chi connectivity index (χ4n) is 4.34. The van der Waals surface area contributed by atoms with Crippen LogP contribution in [0.25, 0.3) is 0 Å². The third kappa shape index (κ3) is 4.58. The molecule has 0 bridgehead atoms. The molecule has 27 heavy (non-hydrogen) atoms. The summed E-state index contributed by atoms with van der Waals surface area (Å²) < 4.78 is 5.77. The minimum Gasteiger partial charge on any atom is -0.504 e. The van der Waals surface area contributed by atoms with Gasteiger partial charge in [-0.2, -0.15) is 0 Å². The smallest absolute Gasteiger partial charge is 0.157 e. The van der Waals surface area contributed by atoms with Gasteiger partial charge in [-0.05, 0) is 86.5 Å². The molecule has 0 saturated carbocycles. The van der Waals surface area contributed by atoms with Gasteiger partial charge < -0.3 is 19.8 Å². The monoisotopic (exact) mass is 433 g/mol. The zero-order chi connectivity index (χ0) is 17.9. The van der Waals surface area contributed by atoms with Crippen molar-refractivity contribution in [2.24, 2.45) is 0 Å². The van der Waals surface area contributed by atoms with Gasteiger partial charge in [0.1, 0.15) is 5.75 Å². The summed E-state index contributed by atoms with van der Waals surface area (Å²) in [4.78, 5) is 2.56. The van der Waals surface area contributed by atoms with E-state index in [0.29, 0.717) is 11.8 Å². The van der Waals surface area contributed by atoms with Crippen molar-refractivity contribution in [3.8, 4) is 17.2 Å². The van der Waals surface area contributed by atoms with E-state index in [2.05, 4.69) is 23.1 Å². The van der Waals surface area contributed by atoms with E-state index in [0.717, 1.165) is 56.8 Å². The number of fused-ring (bicyclic) bond motifs is 1. The summed E-state index contributed by atoms with van der Waals surface area (Å²) in [6, 6.07) is 13.7. The Hall–Kier alpha value is -1.72. The molecular weight excluding hydrogens is 406 g/mol. The Labute approximate surface area is 171 Å². The summed E-state index contributed by atoms with van der Waals surface area (Å²) >= 11 is 0. The highest BCUT2D eigenvalue weighted by Gasteiger charge is 2.24. The van der Waals surface area contributed by atoms with Crippen molar-refractivity contribution in [2.45, 2.75) is 37.5 Å². The highest BCUT2D eigenvalue weighted by molar-refractivity contribution is 8.93. The molecule has 1 saturated heterocycles. The summed E-state index contributed by atoms with van der Waals surface area (Å²) in [5, 5.41) is 19.2. The van der Waals surface area contributed by atoms with Crippen molar-refractivity contribution >= 4 is 17.0 Å². The molecule has 5 heteroatoms. The topological polar surface area (TPSA) is 52.9 Å². The molecule has 0 aromatic heterocycles. The van der Waals surface area contributed by atoms with E-state index in [-0.39, 0.29) is 28.5 Å². The van der Waals surface area contributed by atoms with Crippen LogP contribution in [-0.2, 0) is 0 Å². The van der Waals surface area contributed by atoms with Gasteiger partial charge in [-0.15, -0.1) is 17.0 Å². The lowest BCUT2D eigenvalue weighted by Gasteiger charge is -2.34. The number of phenolic OH excluding ortho intramolecular Hbond substituents is 2. The minimum atomic E-state index is -0.0390. The van der Waals surface area contributed by atoms with Crippen LogP contribution in [-0.4, -0.2) is 41.4 Å². The second-order valence-electron chi connectivity index (χ2n) is 7.52. The fourth-order valence-corrected chi connectivity index (χ4v) is 4.34. The standard InChI is InChI=1S/C22H27NO3.BrH/c24-20-6-5-18(15-21(20)25)16-7-11-23(12-8-16)13-9-17-10-14-26-22-4-2-1-3-19(17)22;/h1-6,15-17,24-25H,7-14H2;1H. The van der Waals surface area contributed by atoms with Crippen LogP contribution in [0.4, 0.5) is 0 Å². The third-order valence-corrected chi connectivity index (χ3v) is 5.93. The molecule has 0 amide bonds. The van der Waals surface area contributed by atoms with Crippen LogP contribution in [0, 0.1) is 0 Å². The number of para-hydroxylation sites is 1. The quantitative estimate of drug-likeness (QED) is 0.679. The molecule has 1 unspecified atom stereocenters. The van der Waals surface area contributed by atoms with E-state index in [1.165, 1.54) is 12.0 Å². The van der Waals surface area contributed by atoms with Gasteiger partial charge in [-0.1, -0.05) is 24.3 Å². The van der Waals surface area contributed by atoms with Gasteiger partial charge in [0, 0.05) is 0 Å². The Morgan fingerprint density at radius 3 is 2.52 bits per heavy atom. The maximum absolute atomic E-state index is 9.72. The molecule has 0 spiro atoms.